The summed E-state index contributed by atoms with van der Waals surface area (Å²) in [6.45, 7) is 0.388. The number of hydrogen-bond donors (Lipinski definition) is 2. The van der Waals surface area contributed by atoms with E-state index in [2.05, 4.69) is 5.10 Å². The normalized spacial score (nSPS) is 10.4. The lowest BCUT2D eigenvalue weighted by atomic mass is 10.1. The molecule has 1 aromatic carbocycles. The smallest absolute Gasteiger partial charge is 0.303 e. The number of aromatic nitrogens is 2. The minimum atomic E-state index is -0.870. The van der Waals surface area contributed by atoms with E-state index in [1.165, 1.54) is 16.8 Å². The van der Waals surface area contributed by atoms with E-state index in [9.17, 15) is 14.9 Å². The van der Waals surface area contributed by atoms with E-state index in [4.69, 9.17) is 10.8 Å². The fourth-order valence-electron chi connectivity index (χ4n) is 1.94. The molecule has 1 heterocycles. The van der Waals surface area contributed by atoms with Crippen molar-refractivity contribution < 1.29 is 19.5 Å². The van der Waals surface area contributed by atoms with E-state index >= 15 is 0 Å². The van der Waals surface area contributed by atoms with Crippen LogP contribution in [0.25, 0.3) is 11.3 Å². The maximum absolute atomic E-state index is 10.6. The third kappa shape index (κ3) is 3.75. The molecule has 3 N–H and O–H groups in total. The van der Waals surface area contributed by atoms with E-state index in [1.807, 2.05) is 0 Å². The number of benzene rings is 1. The molecule has 0 bridgehead atoms. The number of non-ortho nitro benzene ring substituents is 1. The van der Waals surface area contributed by atoms with Crippen LogP contribution in [0.15, 0.2) is 36.4 Å². The first-order chi connectivity index (χ1) is 10.5. The van der Waals surface area contributed by atoms with Gasteiger partial charge in [-0.25, -0.2) is 0 Å². The van der Waals surface area contributed by atoms with Gasteiger partial charge in [0, 0.05) is 30.2 Å². The first kappa shape index (κ1) is 15.4. The molecule has 2 aromatic rings. The van der Waals surface area contributed by atoms with Gasteiger partial charge in [-0.15, -0.1) is 4.68 Å². The maximum atomic E-state index is 10.6. The van der Waals surface area contributed by atoms with Crippen LogP contribution in [0, 0.1) is 10.1 Å². The number of carbonyl (C=O) groups is 1. The van der Waals surface area contributed by atoms with Gasteiger partial charge in [-0.1, -0.05) is 5.10 Å². The Hall–Kier alpha value is -3.03. The molecule has 0 amide bonds. The number of aryl methyl sites for hydroxylation is 1. The average molecular weight is 303 g/mol. The van der Waals surface area contributed by atoms with Crippen LogP contribution in [0.5, 0.6) is 0 Å². The molecule has 22 heavy (non-hydrogen) atoms. The summed E-state index contributed by atoms with van der Waals surface area (Å²) in [5.74, 6) is -0.443. The summed E-state index contributed by atoms with van der Waals surface area (Å²) < 4.78 is 1.53. The number of aliphatic carboxylic acids is 1. The van der Waals surface area contributed by atoms with Crippen molar-refractivity contribution in [1.29, 1.82) is 0 Å². The standard InChI is InChI=1S/C14H14N4O4/c15-13-8-7-12(16-17(13)9-1-2-14(19)20)10-3-5-11(6-4-10)18(21)22/h3-8,15H,1-2,9H2,(H,19,20)/p+1. The van der Waals surface area contributed by atoms with Crippen molar-refractivity contribution >= 4 is 17.5 Å². The molecule has 114 valence electrons. The van der Waals surface area contributed by atoms with Crippen molar-refractivity contribution in [3.63, 3.8) is 0 Å². The van der Waals surface area contributed by atoms with Crippen molar-refractivity contribution in [2.45, 2.75) is 19.4 Å². The number of rotatable bonds is 6. The van der Waals surface area contributed by atoms with E-state index in [0.717, 1.165) is 5.56 Å². The largest absolute Gasteiger partial charge is 0.481 e. The number of carboxylic acid groups (broad SMARTS) is 1. The van der Waals surface area contributed by atoms with Gasteiger partial charge in [0.1, 0.15) is 12.2 Å². The van der Waals surface area contributed by atoms with Gasteiger partial charge in [0.2, 0.25) is 0 Å². The van der Waals surface area contributed by atoms with Gasteiger partial charge >= 0.3 is 5.97 Å². The van der Waals surface area contributed by atoms with Crippen LogP contribution in [0.4, 0.5) is 11.5 Å². The maximum Gasteiger partial charge on any atom is 0.303 e. The van der Waals surface area contributed by atoms with Crippen molar-refractivity contribution in [3.05, 3.63) is 46.5 Å². The number of nitro groups is 1. The highest BCUT2D eigenvalue weighted by atomic mass is 16.6. The van der Waals surface area contributed by atoms with Gasteiger partial charge < -0.3 is 5.11 Å². The predicted molar refractivity (Wildman–Crippen MR) is 77.8 cm³/mol. The van der Waals surface area contributed by atoms with Gasteiger partial charge in [0.05, 0.1) is 4.92 Å². The van der Waals surface area contributed by atoms with Crippen LogP contribution in [0.1, 0.15) is 12.8 Å². The lowest BCUT2D eigenvalue weighted by Gasteiger charge is -2.04. The molecular weight excluding hydrogens is 288 g/mol. The molecular formula is C14H15N4O4+. The molecule has 8 nitrogen and oxygen atoms in total. The fourth-order valence-corrected chi connectivity index (χ4v) is 1.94. The van der Waals surface area contributed by atoms with Crippen LogP contribution >= 0.6 is 0 Å². The van der Waals surface area contributed by atoms with Crippen molar-refractivity contribution in [2.75, 3.05) is 5.73 Å². The second-order valence-corrected chi connectivity index (χ2v) is 4.67. The lowest BCUT2D eigenvalue weighted by molar-refractivity contribution is -0.739. The Balaban J connectivity index is 2.20. The van der Waals surface area contributed by atoms with Gasteiger partial charge in [-0.3, -0.25) is 20.6 Å². The van der Waals surface area contributed by atoms with Gasteiger partial charge in [0.25, 0.3) is 11.5 Å². The minimum Gasteiger partial charge on any atom is -0.481 e. The second kappa shape index (κ2) is 6.61. The van der Waals surface area contributed by atoms with Crippen molar-refractivity contribution in [3.8, 4) is 11.3 Å². The van der Waals surface area contributed by atoms with E-state index in [1.54, 1.807) is 24.3 Å². The van der Waals surface area contributed by atoms with E-state index < -0.39 is 10.9 Å². The van der Waals surface area contributed by atoms with Crippen molar-refractivity contribution in [1.82, 2.24) is 5.10 Å². The third-order valence-corrected chi connectivity index (χ3v) is 3.07. The van der Waals surface area contributed by atoms with Crippen LogP contribution in [0.3, 0.4) is 0 Å². The zero-order valence-electron chi connectivity index (χ0n) is 11.7. The topological polar surface area (TPSA) is 123 Å². The summed E-state index contributed by atoms with van der Waals surface area (Å²) >= 11 is 0. The molecule has 0 saturated carbocycles. The zero-order valence-corrected chi connectivity index (χ0v) is 11.7. The Labute approximate surface area is 126 Å². The Kier molecular flexibility index (Phi) is 4.62. The van der Waals surface area contributed by atoms with Gasteiger partial charge in [0.15, 0.2) is 0 Å². The minimum absolute atomic E-state index is 0.00790. The summed E-state index contributed by atoms with van der Waals surface area (Å²) in [5.41, 5.74) is 7.15. The highest BCUT2D eigenvalue weighted by Gasteiger charge is 2.11. The molecule has 8 heteroatoms. The van der Waals surface area contributed by atoms with Crippen LogP contribution in [-0.2, 0) is 11.3 Å². The number of hydrogen-bond acceptors (Lipinski definition) is 5. The Morgan fingerprint density at radius 1 is 1.27 bits per heavy atom. The Morgan fingerprint density at radius 3 is 2.55 bits per heavy atom. The number of carboxylic acids is 1. The average Bonchev–Trinajstić information content (AvgIpc) is 2.49. The fraction of sp³-hybridized carbons (Fsp3) is 0.214. The van der Waals surface area contributed by atoms with E-state index in [-0.39, 0.29) is 12.1 Å². The van der Waals surface area contributed by atoms with Crippen LogP contribution in [0.2, 0.25) is 0 Å². The SMILES string of the molecule is Nc1ccc(-c2ccc([N+](=O)[O-])cc2)n[n+]1CCCC(=O)O. The number of nitrogens with zero attached hydrogens (tertiary/aromatic N) is 3. The Morgan fingerprint density at radius 2 is 1.95 bits per heavy atom. The van der Waals surface area contributed by atoms with Crippen molar-refractivity contribution in [2.24, 2.45) is 0 Å². The predicted octanol–water partition coefficient (Wildman–Crippen LogP) is 1.39. The first-order valence-electron chi connectivity index (χ1n) is 6.60. The quantitative estimate of drug-likeness (QED) is 0.472. The molecule has 1 aromatic heterocycles. The second-order valence-electron chi connectivity index (χ2n) is 4.67. The summed E-state index contributed by atoms with van der Waals surface area (Å²) in [5, 5.41) is 23.6. The summed E-state index contributed by atoms with van der Waals surface area (Å²) in [7, 11) is 0. The Bertz CT molecular complexity index is 700. The highest BCUT2D eigenvalue weighted by Crippen LogP contribution is 2.20. The molecule has 0 saturated heterocycles. The molecule has 0 spiro atoms. The molecule has 0 fully saturated rings. The zero-order chi connectivity index (χ0) is 16.1. The highest BCUT2D eigenvalue weighted by molar-refractivity contribution is 5.66. The van der Waals surface area contributed by atoms with Gasteiger partial charge in [-0.2, -0.15) is 0 Å². The molecule has 0 radical (unpaired) electrons. The molecule has 0 aliphatic rings. The van der Waals surface area contributed by atoms with Crippen LogP contribution in [-0.4, -0.2) is 21.1 Å². The molecule has 0 aliphatic carbocycles. The molecule has 0 atom stereocenters. The summed E-state index contributed by atoms with van der Waals surface area (Å²) in [6, 6.07) is 9.41. The lowest BCUT2D eigenvalue weighted by Crippen LogP contribution is -2.41. The number of nitrogen functional groups attached to an aromatic ring is 1. The molecule has 0 unspecified atom stereocenters. The number of nitrogens with two attached hydrogens (primary N) is 1. The summed E-state index contributed by atoms with van der Waals surface area (Å²) in [4.78, 5) is 20.7. The number of anilines is 1. The van der Waals surface area contributed by atoms with Crippen LogP contribution < -0.4 is 10.4 Å². The first-order valence-corrected chi connectivity index (χ1v) is 6.60. The monoisotopic (exact) mass is 303 g/mol. The third-order valence-electron chi connectivity index (χ3n) is 3.07. The summed E-state index contributed by atoms with van der Waals surface area (Å²) in [6.07, 6.45) is 0.455. The van der Waals surface area contributed by atoms with Gasteiger partial charge in [-0.05, 0) is 24.6 Å². The van der Waals surface area contributed by atoms with E-state index in [0.29, 0.717) is 24.5 Å². The molecule has 0 aliphatic heterocycles. The number of nitro benzene ring substituents is 1. The molecule has 2 rings (SSSR count).